The summed E-state index contributed by atoms with van der Waals surface area (Å²) in [6.07, 6.45) is 0.923. The second-order valence-electron chi connectivity index (χ2n) is 6.74. The molecule has 1 saturated heterocycles. The lowest BCUT2D eigenvalue weighted by atomic mass is 10.1. The highest BCUT2D eigenvalue weighted by Crippen LogP contribution is 2.52. The molecule has 3 rings (SSSR count). The normalized spacial score (nSPS) is 20.6. The van der Waals surface area contributed by atoms with Crippen LogP contribution in [0.15, 0.2) is 12.1 Å². The van der Waals surface area contributed by atoms with Gasteiger partial charge in [0.1, 0.15) is 11.4 Å². The van der Waals surface area contributed by atoms with Gasteiger partial charge in [-0.1, -0.05) is 6.07 Å². The Morgan fingerprint density at radius 2 is 2.11 bits per heavy atom. The van der Waals surface area contributed by atoms with Crippen LogP contribution in [0.25, 0.3) is 0 Å². The fraction of sp³-hybridized carbons (Fsp3) is 0.579. The van der Waals surface area contributed by atoms with Gasteiger partial charge in [-0.05, 0) is 26.3 Å². The maximum Gasteiger partial charge on any atom is 0.260 e. The fourth-order valence-corrected chi connectivity index (χ4v) is 4.87. The number of ether oxygens (including phenoxy) is 3. The summed E-state index contributed by atoms with van der Waals surface area (Å²) in [6, 6.07) is 3.20. The minimum Gasteiger partial charge on any atom is -0.493 e. The van der Waals surface area contributed by atoms with E-state index < -0.39 is 6.04 Å². The van der Waals surface area contributed by atoms with Crippen molar-refractivity contribution in [1.29, 1.82) is 0 Å². The molecule has 0 unspecified atom stereocenters. The van der Waals surface area contributed by atoms with Gasteiger partial charge in [-0.25, -0.2) is 0 Å². The molecule has 0 spiro atoms. The zero-order valence-corrected chi connectivity index (χ0v) is 16.9. The Morgan fingerprint density at radius 1 is 1.33 bits per heavy atom. The smallest absolute Gasteiger partial charge is 0.260 e. The van der Waals surface area contributed by atoms with Crippen LogP contribution >= 0.6 is 11.8 Å². The van der Waals surface area contributed by atoms with Crippen LogP contribution in [0.5, 0.6) is 11.5 Å². The van der Waals surface area contributed by atoms with E-state index >= 15 is 0 Å². The molecular formula is C19H26N2O5S. The number of fused-ring (bicyclic) bond motifs is 3. The molecule has 7 nitrogen and oxygen atoms in total. The number of methoxy groups -OCH3 is 2. The van der Waals surface area contributed by atoms with E-state index in [4.69, 9.17) is 14.2 Å². The molecule has 2 amide bonds. The van der Waals surface area contributed by atoms with Crippen molar-refractivity contribution in [3.8, 4) is 11.5 Å². The minimum atomic E-state index is -0.485. The van der Waals surface area contributed by atoms with Crippen molar-refractivity contribution >= 4 is 23.6 Å². The summed E-state index contributed by atoms with van der Waals surface area (Å²) in [5.74, 6) is 1.22. The quantitative estimate of drug-likeness (QED) is 0.681. The first-order chi connectivity index (χ1) is 13.0. The molecule has 0 saturated carbocycles. The van der Waals surface area contributed by atoms with Crippen LogP contribution in [0, 0.1) is 0 Å². The molecule has 0 radical (unpaired) electrons. The van der Waals surface area contributed by atoms with E-state index in [-0.39, 0.29) is 23.3 Å². The SMILES string of the molecule is COc1ccc2c(c1OC)C(=O)N1[C@@H]2SC[C@H]1C(=O)NCCCOC(C)C. The van der Waals surface area contributed by atoms with Crippen molar-refractivity contribution in [2.75, 3.05) is 33.1 Å². The molecule has 0 aliphatic carbocycles. The van der Waals surface area contributed by atoms with Gasteiger partial charge in [-0.2, -0.15) is 0 Å². The molecule has 148 valence electrons. The average Bonchev–Trinajstić information content (AvgIpc) is 3.20. The Kier molecular flexibility index (Phi) is 6.16. The molecule has 1 aromatic rings. The second-order valence-corrected chi connectivity index (χ2v) is 7.86. The number of rotatable bonds is 8. The van der Waals surface area contributed by atoms with Gasteiger partial charge in [0.15, 0.2) is 11.5 Å². The topological polar surface area (TPSA) is 77.1 Å². The third-order valence-electron chi connectivity index (χ3n) is 4.67. The number of carbonyl (C=O) groups is 2. The Labute approximate surface area is 163 Å². The highest BCUT2D eigenvalue weighted by Gasteiger charge is 2.50. The average molecular weight is 394 g/mol. The van der Waals surface area contributed by atoms with Gasteiger partial charge in [0, 0.05) is 24.5 Å². The van der Waals surface area contributed by atoms with Gasteiger partial charge in [-0.3, -0.25) is 9.59 Å². The second kappa shape index (κ2) is 8.39. The van der Waals surface area contributed by atoms with Gasteiger partial charge in [0.05, 0.1) is 25.9 Å². The van der Waals surface area contributed by atoms with E-state index in [2.05, 4.69) is 5.32 Å². The number of thioether (sulfide) groups is 1. The number of carbonyl (C=O) groups excluding carboxylic acids is 2. The molecule has 1 fully saturated rings. The number of benzene rings is 1. The molecule has 1 N–H and O–H groups in total. The predicted molar refractivity (Wildman–Crippen MR) is 103 cm³/mol. The molecule has 1 aromatic carbocycles. The minimum absolute atomic E-state index is 0.123. The van der Waals surface area contributed by atoms with E-state index in [0.29, 0.717) is 36.0 Å². The van der Waals surface area contributed by atoms with Gasteiger partial charge in [-0.15, -0.1) is 11.8 Å². The lowest BCUT2D eigenvalue weighted by Crippen LogP contribution is -2.46. The third kappa shape index (κ3) is 3.73. The van der Waals surface area contributed by atoms with Crippen LogP contribution in [0.3, 0.4) is 0 Å². The number of hydrogen-bond acceptors (Lipinski definition) is 6. The number of hydrogen-bond donors (Lipinski definition) is 1. The standard InChI is InChI=1S/C19H26N2O5S/c1-11(2)26-9-5-8-20-17(22)13-10-27-19-12-6-7-14(24-3)16(25-4)15(12)18(23)21(13)19/h6-7,11,13,19H,5,8-10H2,1-4H3,(H,20,22)/t13-,19+/m0/s1. The highest BCUT2D eigenvalue weighted by molar-refractivity contribution is 7.99. The van der Waals surface area contributed by atoms with Gasteiger partial charge >= 0.3 is 0 Å². The Balaban J connectivity index is 1.69. The number of nitrogens with one attached hydrogen (secondary N) is 1. The first kappa shape index (κ1) is 19.8. The summed E-state index contributed by atoms with van der Waals surface area (Å²) in [4.78, 5) is 27.4. The molecule has 27 heavy (non-hydrogen) atoms. The molecule has 2 aliphatic rings. The molecule has 0 bridgehead atoms. The van der Waals surface area contributed by atoms with Crippen molar-refractivity contribution in [3.63, 3.8) is 0 Å². The molecular weight excluding hydrogens is 368 g/mol. The van der Waals surface area contributed by atoms with Crippen molar-refractivity contribution in [2.24, 2.45) is 0 Å². The maximum absolute atomic E-state index is 13.1. The van der Waals surface area contributed by atoms with Gasteiger partial charge in [0.25, 0.3) is 5.91 Å². The van der Waals surface area contributed by atoms with E-state index in [1.165, 1.54) is 7.11 Å². The zero-order valence-electron chi connectivity index (χ0n) is 16.1. The van der Waals surface area contributed by atoms with E-state index in [0.717, 1.165) is 12.0 Å². The predicted octanol–water partition coefficient (Wildman–Crippen LogP) is 2.20. The molecule has 2 atom stereocenters. The van der Waals surface area contributed by atoms with Crippen molar-refractivity contribution in [2.45, 2.75) is 37.8 Å². The molecule has 8 heteroatoms. The van der Waals surface area contributed by atoms with Crippen molar-refractivity contribution in [3.05, 3.63) is 23.3 Å². The summed E-state index contributed by atoms with van der Waals surface area (Å²) >= 11 is 1.60. The Hall–Kier alpha value is -1.93. The first-order valence-electron chi connectivity index (χ1n) is 9.08. The van der Waals surface area contributed by atoms with E-state index in [9.17, 15) is 9.59 Å². The van der Waals surface area contributed by atoms with Crippen molar-refractivity contribution in [1.82, 2.24) is 10.2 Å². The zero-order chi connectivity index (χ0) is 19.6. The fourth-order valence-electron chi connectivity index (χ4n) is 3.41. The van der Waals surface area contributed by atoms with Crippen LogP contribution in [-0.4, -0.2) is 62.0 Å². The monoisotopic (exact) mass is 394 g/mol. The lowest BCUT2D eigenvalue weighted by molar-refractivity contribution is -0.124. The lowest BCUT2D eigenvalue weighted by Gasteiger charge is -2.22. The summed E-state index contributed by atoms with van der Waals surface area (Å²) in [5.41, 5.74) is 1.38. The van der Waals surface area contributed by atoms with Crippen LogP contribution in [-0.2, 0) is 9.53 Å². The largest absolute Gasteiger partial charge is 0.493 e. The van der Waals surface area contributed by atoms with Crippen LogP contribution < -0.4 is 14.8 Å². The Morgan fingerprint density at radius 3 is 2.78 bits per heavy atom. The summed E-state index contributed by atoms with van der Waals surface area (Å²) < 4.78 is 16.2. The first-order valence-corrected chi connectivity index (χ1v) is 10.1. The summed E-state index contributed by atoms with van der Waals surface area (Å²) in [7, 11) is 3.06. The van der Waals surface area contributed by atoms with Crippen LogP contribution in [0.4, 0.5) is 0 Å². The molecule has 2 heterocycles. The number of amides is 2. The molecule has 0 aromatic heterocycles. The van der Waals surface area contributed by atoms with E-state index in [1.807, 2.05) is 19.9 Å². The van der Waals surface area contributed by atoms with Gasteiger partial charge < -0.3 is 24.4 Å². The van der Waals surface area contributed by atoms with Crippen molar-refractivity contribution < 1.29 is 23.8 Å². The molecule has 2 aliphatic heterocycles. The van der Waals surface area contributed by atoms with Gasteiger partial charge in [0.2, 0.25) is 5.91 Å². The number of nitrogens with zero attached hydrogens (tertiary/aromatic N) is 1. The Bertz CT molecular complexity index is 724. The maximum atomic E-state index is 13.1. The van der Waals surface area contributed by atoms with E-state index in [1.54, 1.807) is 29.8 Å². The van der Waals surface area contributed by atoms with Crippen LogP contribution in [0.1, 0.15) is 41.6 Å². The third-order valence-corrected chi connectivity index (χ3v) is 5.97. The summed E-state index contributed by atoms with van der Waals surface area (Å²) in [6.45, 7) is 5.09. The van der Waals surface area contributed by atoms with Crippen LogP contribution in [0.2, 0.25) is 0 Å². The summed E-state index contributed by atoms with van der Waals surface area (Å²) in [5, 5.41) is 2.77. The highest BCUT2D eigenvalue weighted by atomic mass is 32.2.